The quantitative estimate of drug-likeness (QED) is 0.0581. The number of alkyl halides is 2. The lowest BCUT2D eigenvalue weighted by Gasteiger charge is -2.38. The van der Waals surface area contributed by atoms with Gasteiger partial charge in [0.05, 0.1) is 50.0 Å². The average Bonchev–Trinajstić information content (AvgIpc) is 3.48. The second-order valence-corrected chi connectivity index (χ2v) is 14.9. The van der Waals surface area contributed by atoms with Gasteiger partial charge in [-0.05, 0) is 44.9 Å². The number of nitrogens with zero attached hydrogens (tertiary/aromatic N) is 4. The van der Waals surface area contributed by atoms with Crippen molar-refractivity contribution in [2.45, 2.75) is 135 Å². The van der Waals surface area contributed by atoms with Crippen LogP contribution in [0.2, 0.25) is 0 Å². The summed E-state index contributed by atoms with van der Waals surface area (Å²) in [6, 6.07) is 0.124. The molecule has 0 bridgehead atoms. The Morgan fingerprint density at radius 1 is 1.02 bits per heavy atom. The fraction of sp³-hybridized carbons (Fsp3) is 0.784. The van der Waals surface area contributed by atoms with Crippen molar-refractivity contribution in [2.24, 2.45) is 11.8 Å². The number of aromatic nitrogens is 3. The summed E-state index contributed by atoms with van der Waals surface area (Å²) in [5.41, 5.74) is 2.13. The smallest absolute Gasteiger partial charge is 0.306 e. The van der Waals surface area contributed by atoms with Gasteiger partial charge in [0, 0.05) is 37.4 Å². The minimum atomic E-state index is -2.95. The Bertz CT molecular complexity index is 1280. The maximum atomic E-state index is 14.6. The van der Waals surface area contributed by atoms with E-state index in [0.29, 0.717) is 65.9 Å². The highest BCUT2D eigenvalue weighted by atomic mass is 32.2. The molecule has 0 N–H and O–H groups in total. The number of piperidine rings is 1. The van der Waals surface area contributed by atoms with E-state index in [1.54, 1.807) is 11.1 Å². The number of hydrogen-bond acceptors (Lipinski definition) is 10. The lowest BCUT2D eigenvalue weighted by Crippen LogP contribution is -2.52. The van der Waals surface area contributed by atoms with Crippen LogP contribution in [0.25, 0.3) is 11.0 Å². The van der Waals surface area contributed by atoms with Gasteiger partial charge >= 0.3 is 11.9 Å². The minimum Gasteiger partial charge on any atom is -0.465 e. The predicted molar refractivity (Wildman–Crippen MR) is 203 cm³/mol. The monoisotopic (exact) mass is 744 g/mol. The van der Waals surface area contributed by atoms with E-state index in [0.717, 1.165) is 37.6 Å². The van der Waals surface area contributed by atoms with Gasteiger partial charge in [0.2, 0.25) is 0 Å². The van der Waals surface area contributed by atoms with Crippen molar-refractivity contribution in [3.8, 4) is 0 Å². The topological polar surface area (TPSA) is 95.8 Å². The molecule has 9 nitrogen and oxygen atoms in total. The van der Waals surface area contributed by atoms with Crippen LogP contribution in [0.1, 0.15) is 118 Å². The van der Waals surface area contributed by atoms with E-state index in [9.17, 15) is 18.4 Å². The van der Waals surface area contributed by atoms with Crippen molar-refractivity contribution >= 4 is 53.1 Å². The van der Waals surface area contributed by atoms with Gasteiger partial charge in [-0.2, -0.15) is 12.6 Å². The van der Waals surface area contributed by atoms with E-state index in [1.165, 1.54) is 38.1 Å². The van der Waals surface area contributed by atoms with Crippen molar-refractivity contribution in [2.75, 3.05) is 49.8 Å². The fourth-order valence-electron chi connectivity index (χ4n) is 5.82. The van der Waals surface area contributed by atoms with Crippen LogP contribution in [0, 0.1) is 11.8 Å². The molecule has 3 rings (SSSR count). The van der Waals surface area contributed by atoms with Crippen LogP contribution in [0.5, 0.6) is 0 Å². The lowest BCUT2D eigenvalue weighted by molar-refractivity contribution is -0.145. The third-order valence-electron chi connectivity index (χ3n) is 9.14. The van der Waals surface area contributed by atoms with Crippen LogP contribution in [0.4, 0.5) is 14.5 Å². The molecule has 3 heterocycles. The Morgan fingerprint density at radius 2 is 1.62 bits per heavy atom. The van der Waals surface area contributed by atoms with E-state index in [4.69, 9.17) is 19.2 Å². The summed E-state index contributed by atoms with van der Waals surface area (Å²) in [5, 5.41) is 0.519. The van der Waals surface area contributed by atoms with Crippen molar-refractivity contribution in [1.29, 1.82) is 0 Å². The minimum absolute atomic E-state index is 0.116. The van der Waals surface area contributed by atoms with Crippen molar-refractivity contribution in [3.63, 3.8) is 0 Å². The van der Waals surface area contributed by atoms with Gasteiger partial charge in [0.1, 0.15) is 11.6 Å². The van der Waals surface area contributed by atoms with Gasteiger partial charge in [-0.1, -0.05) is 78.0 Å². The van der Waals surface area contributed by atoms with Gasteiger partial charge in [-0.15, -0.1) is 0 Å². The van der Waals surface area contributed by atoms with Gasteiger partial charge in [0.25, 0.3) is 5.92 Å². The van der Waals surface area contributed by atoms with Gasteiger partial charge in [-0.3, -0.25) is 9.59 Å². The number of unbranched alkanes of at least 4 members (excludes halogenated alkanes) is 2. The van der Waals surface area contributed by atoms with Gasteiger partial charge < -0.3 is 23.7 Å². The number of fused-ring (bicyclic) bond motifs is 1. The number of esters is 2. The Hall–Kier alpha value is -2.12. The highest BCUT2D eigenvalue weighted by Crippen LogP contribution is 2.37. The molecule has 0 radical (unpaired) electrons. The molecule has 2 aromatic rings. The number of rotatable bonds is 21. The standard InChI is InChI=1S/C26H40F2N4O3S.C11H22O2S/c1-6-8-9-19(7-2)16-35-23(33)11-13-36-25-29-14-20-24(30-25)21(15-32(20)18(3)4)31-12-10-22(34-5)26(27,28)17-31;1-3-5-6-10(4-2)9-13-11(12)7-8-14/h14-15,18-19,22H,6-13,16-17H2,1-5H3;10,14H,3-9H2,1-2H3. The molecule has 3 atom stereocenters. The molecule has 0 saturated carbocycles. The van der Waals surface area contributed by atoms with Crippen molar-refractivity contribution < 1.29 is 32.6 Å². The molecule has 50 heavy (non-hydrogen) atoms. The summed E-state index contributed by atoms with van der Waals surface area (Å²) in [7, 11) is 1.33. The van der Waals surface area contributed by atoms with Crippen molar-refractivity contribution in [3.05, 3.63) is 12.4 Å². The van der Waals surface area contributed by atoms with E-state index in [-0.39, 0.29) is 30.8 Å². The Kier molecular flexibility index (Phi) is 20.6. The first-order valence-corrected chi connectivity index (χ1v) is 20.1. The number of anilines is 1. The summed E-state index contributed by atoms with van der Waals surface area (Å²) in [5.74, 6) is -1.25. The van der Waals surface area contributed by atoms with Crippen LogP contribution in [-0.4, -0.2) is 83.4 Å². The molecule has 286 valence electrons. The summed E-state index contributed by atoms with van der Waals surface area (Å²) in [6.45, 7) is 13.8. The zero-order valence-electron chi connectivity index (χ0n) is 31.4. The normalized spacial score (nSPS) is 16.9. The summed E-state index contributed by atoms with van der Waals surface area (Å²) >= 11 is 5.36. The first-order valence-electron chi connectivity index (χ1n) is 18.5. The number of methoxy groups -OCH3 is 1. The number of hydrogen-bond donors (Lipinski definition) is 1. The molecular weight excluding hydrogens is 683 g/mol. The van der Waals surface area contributed by atoms with Gasteiger partial charge in [0.15, 0.2) is 5.16 Å². The lowest BCUT2D eigenvalue weighted by atomic mass is 10.0. The Morgan fingerprint density at radius 3 is 2.12 bits per heavy atom. The van der Waals surface area contributed by atoms with E-state index in [1.807, 2.05) is 24.6 Å². The van der Waals surface area contributed by atoms with Crippen LogP contribution >= 0.6 is 24.4 Å². The zero-order chi connectivity index (χ0) is 37.1. The molecule has 1 aliphatic heterocycles. The second kappa shape index (κ2) is 23.4. The number of thioether (sulfide) groups is 1. The molecule has 3 unspecified atom stereocenters. The Balaban J connectivity index is 0.000000523. The number of carbonyl (C=O) groups is 2. The molecule has 0 aromatic carbocycles. The zero-order valence-corrected chi connectivity index (χ0v) is 33.1. The number of ether oxygens (including phenoxy) is 3. The summed E-state index contributed by atoms with van der Waals surface area (Å²) < 4.78 is 46.9. The third kappa shape index (κ3) is 14.5. The number of halogens is 2. The van der Waals surface area contributed by atoms with Crippen LogP contribution in [0.15, 0.2) is 17.6 Å². The highest BCUT2D eigenvalue weighted by Gasteiger charge is 2.45. The third-order valence-corrected chi connectivity index (χ3v) is 10.2. The maximum Gasteiger partial charge on any atom is 0.306 e. The number of carbonyl (C=O) groups excluding carboxylic acids is 2. The molecule has 1 saturated heterocycles. The molecule has 1 aliphatic rings. The SMILES string of the molecule is CCCCC(CC)COC(=O)CCS.CCCCC(CC)COC(=O)CCSc1ncc2c(n1)c(N1CCC(OC)C(F)(F)C1)cn2C(C)C. The molecule has 13 heteroatoms. The van der Waals surface area contributed by atoms with Crippen LogP contribution in [0.3, 0.4) is 0 Å². The van der Waals surface area contributed by atoms with E-state index >= 15 is 0 Å². The largest absolute Gasteiger partial charge is 0.465 e. The highest BCUT2D eigenvalue weighted by molar-refractivity contribution is 7.99. The predicted octanol–water partition coefficient (Wildman–Crippen LogP) is 9.18. The number of thiol groups is 1. The van der Waals surface area contributed by atoms with Crippen LogP contribution < -0.4 is 4.90 Å². The molecule has 1 fully saturated rings. The molecule has 0 amide bonds. The first kappa shape index (κ1) is 44.0. The van der Waals surface area contributed by atoms with Crippen molar-refractivity contribution in [1.82, 2.24) is 14.5 Å². The Labute approximate surface area is 308 Å². The molecule has 0 aliphatic carbocycles. The fourth-order valence-corrected chi connectivity index (χ4v) is 6.74. The van der Waals surface area contributed by atoms with E-state index < -0.39 is 18.6 Å². The maximum absolute atomic E-state index is 14.6. The van der Waals surface area contributed by atoms with Gasteiger partial charge in [-0.25, -0.2) is 18.7 Å². The molecule has 0 spiro atoms. The average molecular weight is 745 g/mol. The second-order valence-electron chi connectivity index (χ2n) is 13.4. The molecule has 2 aromatic heterocycles. The summed E-state index contributed by atoms with van der Waals surface area (Å²) in [4.78, 5) is 34.2. The van der Waals surface area contributed by atoms with E-state index in [2.05, 4.69) is 45.3 Å². The molecular formula is C37H62F2N4O5S2. The summed E-state index contributed by atoms with van der Waals surface area (Å²) in [6.07, 6.45) is 12.6. The first-order chi connectivity index (χ1) is 23.9. The van der Waals surface area contributed by atoms with Crippen LogP contribution in [-0.2, 0) is 23.8 Å².